The summed E-state index contributed by atoms with van der Waals surface area (Å²) in [4.78, 5) is 13.0. The zero-order valence-corrected chi connectivity index (χ0v) is 13.0. The molecule has 0 unspecified atom stereocenters. The van der Waals surface area contributed by atoms with Crippen LogP contribution in [0, 0.1) is 0 Å². The number of hydrogen-bond donors (Lipinski definition) is 1. The number of phenols is 1. The summed E-state index contributed by atoms with van der Waals surface area (Å²) in [5.74, 6) is -0.0914. The van der Waals surface area contributed by atoms with E-state index in [1.165, 1.54) is 0 Å². The molecular weight excluding hydrogens is 307 g/mol. The number of aromatic hydroxyl groups is 1. The third kappa shape index (κ3) is 1.97. The van der Waals surface area contributed by atoms with Gasteiger partial charge < -0.3 is 5.11 Å². The molecule has 1 N–H and O–H groups in total. The summed E-state index contributed by atoms with van der Waals surface area (Å²) in [6.07, 6.45) is 1.20. The Morgan fingerprint density at radius 3 is 2.48 bits per heavy atom. The van der Waals surface area contributed by atoms with Gasteiger partial charge in [0.15, 0.2) is 5.78 Å². The lowest BCUT2D eigenvalue weighted by Crippen LogP contribution is -2.32. The first-order valence-corrected chi connectivity index (χ1v) is 7.57. The quantitative estimate of drug-likeness (QED) is 0.864. The standard InChI is InChI=1S/C17H14Cl2O2/c1-2-17(11-6-4-3-5-7-11)9-10-8-12(20)14(18)15(19)13(10)16(17)21/h3-8,20H,2,9H2,1H3/t17-/m1/s1. The predicted octanol–water partition coefficient (Wildman–Crippen LogP) is 4.79. The van der Waals surface area contributed by atoms with Crippen LogP contribution in [0.2, 0.25) is 10.0 Å². The highest BCUT2D eigenvalue weighted by atomic mass is 35.5. The van der Waals surface area contributed by atoms with Crippen molar-refractivity contribution in [3.8, 4) is 5.75 Å². The van der Waals surface area contributed by atoms with Crippen molar-refractivity contribution in [1.82, 2.24) is 0 Å². The van der Waals surface area contributed by atoms with E-state index in [1.807, 2.05) is 37.3 Å². The Balaban J connectivity index is 2.22. The van der Waals surface area contributed by atoms with Crippen LogP contribution in [0.25, 0.3) is 0 Å². The third-order valence-corrected chi connectivity index (χ3v) is 5.21. The number of halogens is 2. The normalized spacial score (nSPS) is 20.6. The molecule has 0 spiro atoms. The van der Waals surface area contributed by atoms with Crippen LogP contribution >= 0.6 is 23.2 Å². The van der Waals surface area contributed by atoms with E-state index >= 15 is 0 Å². The molecule has 0 saturated heterocycles. The molecule has 0 fully saturated rings. The largest absolute Gasteiger partial charge is 0.506 e. The fourth-order valence-electron chi connectivity index (χ4n) is 3.17. The number of carbonyl (C=O) groups excluding carboxylic acids is 1. The van der Waals surface area contributed by atoms with E-state index in [0.29, 0.717) is 18.4 Å². The lowest BCUT2D eigenvalue weighted by Gasteiger charge is -2.26. The number of Topliss-reactive ketones (excluding diaryl/α,β-unsaturated/α-hetero) is 1. The lowest BCUT2D eigenvalue weighted by molar-refractivity contribution is 0.0898. The minimum absolute atomic E-state index is 0.0156. The molecule has 3 rings (SSSR count). The molecule has 108 valence electrons. The number of rotatable bonds is 2. The zero-order chi connectivity index (χ0) is 15.2. The topological polar surface area (TPSA) is 37.3 Å². The third-order valence-electron chi connectivity index (χ3n) is 4.35. The number of hydrogen-bond acceptors (Lipinski definition) is 2. The fraction of sp³-hybridized carbons (Fsp3) is 0.235. The Kier molecular flexibility index (Phi) is 3.46. The van der Waals surface area contributed by atoms with E-state index in [-0.39, 0.29) is 21.6 Å². The Bertz CT molecular complexity index is 725. The van der Waals surface area contributed by atoms with Crippen LogP contribution in [-0.4, -0.2) is 10.9 Å². The van der Waals surface area contributed by atoms with Gasteiger partial charge in [0.05, 0.1) is 10.4 Å². The maximum absolute atomic E-state index is 13.0. The predicted molar refractivity (Wildman–Crippen MR) is 84.6 cm³/mol. The van der Waals surface area contributed by atoms with Gasteiger partial charge in [-0.05, 0) is 30.0 Å². The van der Waals surface area contributed by atoms with Crippen molar-refractivity contribution in [1.29, 1.82) is 0 Å². The summed E-state index contributed by atoms with van der Waals surface area (Å²) in [5.41, 5.74) is 1.56. The number of benzene rings is 2. The second kappa shape index (κ2) is 5.04. The maximum atomic E-state index is 13.0. The van der Waals surface area contributed by atoms with Gasteiger partial charge in [-0.3, -0.25) is 4.79 Å². The minimum atomic E-state index is -0.621. The van der Waals surface area contributed by atoms with E-state index in [1.54, 1.807) is 6.07 Å². The molecule has 0 aliphatic heterocycles. The number of fused-ring (bicyclic) bond motifs is 1. The van der Waals surface area contributed by atoms with Crippen molar-refractivity contribution < 1.29 is 9.90 Å². The summed E-state index contributed by atoms with van der Waals surface area (Å²) in [7, 11) is 0. The summed E-state index contributed by atoms with van der Waals surface area (Å²) >= 11 is 12.2. The smallest absolute Gasteiger partial charge is 0.175 e. The molecule has 0 amide bonds. The van der Waals surface area contributed by atoms with Gasteiger partial charge in [0.2, 0.25) is 0 Å². The summed E-state index contributed by atoms with van der Waals surface area (Å²) in [6, 6.07) is 11.3. The summed E-state index contributed by atoms with van der Waals surface area (Å²) < 4.78 is 0. The van der Waals surface area contributed by atoms with E-state index in [2.05, 4.69) is 0 Å². The van der Waals surface area contributed by atoms with Crippen molar-refractivity contribution in [2.75, 3.05) is 0 Å². The second-order valence-electron chi connectivity index (χ2n) is 5.37. The van der Waals surface area contributed by atoms with Gasteiger partial charge in [-0.15, -0.1) is 0 Å². The van der Waals surface area contributed by atoms with Crippen molar-refractivity contribution in [2.24, 2.45) is 0 Å². The molecule has 0 aromatic heterocycles. The van der Waals surface area contributed by atoms with Crippen LogP contribution in [-0.2, 0) is 11.8 Å². The molecule has 2 aromatic rings. The van der Waals surface area contributed by atoms with Crippen molar-refractivity contribution in [2.45, 2.75) is 25.2 Å². The van der Waals surface area contributed by atoms with Gasteiger partial charge >= 0.3 is 0 Å². The summed E-state index contributed by atoms with van der Waals surface area (Å²) in [5, 5.41) is 10.0. The monoisotopic (exact) mass is 320 g/mol. The van der Waals surface area contributed by atoms with Crippen molar-refractivity contribution in [3.63, 3.8) is 0 Å². The first kappa shape index (κ1) is 14.4. The lowest BCUT2D eigenvalue weighted by atomic mass is 9.75. The van der Waals surface area contributed by atoms with E-state index in [0.717, 1.165) is 11.1 Å². The molecule has 1 aliphatic rings. The molecule has 21 heavy (non-hydrogen) atoms. The molecule has 1 atom stereocenters. The highest BCUT2D eigenvalue weighted by Gasteiger charge is 2.47. The molecule has 2 aromatic carbocycles. The van der Waals surface area contributed by atoms with Crippen LogP contribution in [0.15, 0.2) is 36.4 Å². The highest BCUT2D eigenvalue weighted by molar-refractivity contribution is 6.45. The van der Waals surface area contributed by atoms with Gasteiger partial charge in [-0.2, -0.15) is 0 Å². The van der Waals surface area contributed by atoms with Gasteiger partial charge in [0.25, 0.3) is 0 Å². The zero-order valence-electron chi connectivity index (χ0n) is 11.5. The average molecular weight is 321 g/mol. The molecule has 2 nitrogen and oxygen atoms in total. The van der Waals surface area contributed by atoms with Crippen LogP contribution in [0.4, 0.5) is 0 Å². The molecule has 1 aliphatic carbocycles. The average Bonchev–Trinajstić information content (AvgIpc) is 2.79. The molecule has 0 saturated carbocycles. The van der Waals surface area contributed by atoms with Crippen LogP contribution in [0.5, 0.6) is 5.75 Å². The second-order valence-corrected chi connectivity index (χ2v) is 6.12. The Hall–Kier alpha value is -1.51. The SMILES string of the molecule is CC[C@]1(c2ccccc2)Cc2cc(O)c(Cl)c(Cl)c2C1=O. The first-order chi connectivity index (χ1) is 10.0. The first-order valence-electron chi connectivity index (χ1n) is 6.81. The van der Waals surface area contributed by atoms with Crippen molar-refractivity contribution >= 4 is 29.0 Å². The van der Waals surface area contributed by atoms with Gasteiger partial charge in [-0.25, -0.2) is 0 Å². The van der Waals surface area contributed by atoms with Crippen LogP contribution in [0.3, 0.4) is 0 Å². The Labute approximate surface area is 133 Å². The number of ketones is 1. The van der Waals surface area contributed by atoms with Crippen LogP contribution < -0.4 is 0 Å². The maximum Gasteiger partial charge on any atom is 0.175 e. The molecular formula is C17H14Cl2O2. The fourth-order valence-corrected chi connectivity index (χ4v) is 3.63. The Morgan fingerprint density at radius 1 is 1.19 bits per heavy atom. The highest BCUT2D eigenvalue weighted by Crippen LogP contribution is 2.48. The number of phenolic OH excluding ortho intramolecular Hbond substituents is 1. The van der Waals surface area contributed by atoms with Gasteiger partial charge in [0.1, 0.15) is 10.8 Å². The number of carbonyl (C=O) groups is 1. The van der Waals surface area contributed by atoms with Gasteiger partial charge in [0, 0.05) is 5.56 Å². The Morgan fingerprint density at radius 2 is 1.86 bits per heavy atom. The molecule has 4 heteroatoms. The van der Waals surface area contributed by atoms with E-state index < -0.39 is 5.41 Å². The molecule has 0 bridgehead atoms. The molecule has 0 heterocycles. The van der Waals surface area contributed by atoms with E-state index in [4.69, 9.17) is 23.2 Å². The van der Waals surface area contributed by atoms with E-state index in [9.17, 15) is 9.90 Å². The van der Waals surface area contributed by atoms with Crippen molar-refractivity contribution in [3.05, 3.63) is 63.1 Å². The van der Waals surface area contributed by atoms with Crippen LogP contribution in [0.1, 0.15) is 34.8 Å². The van der Waals surface area contributed by atoms with Gasteiger partial charge in [-0.1, -0.05) is 60.5 Å². The summed E-state index contributed by atoms with van der Waals surface area (Å²) in [6.45, 7) is 1.99. The minimum Gasteiger partial charge on any atom is -0.506 e. The molecule has 0 radical (unpaired) electrons.